The second-order valence-corrected chi connectivity index (χ2v) is 9.37. The number of hydrogen-bond donors (Lipinski definition) is 3. The third-order valence-corrected chi connectivity index (χ3v) is 6.17. The molecule has 2 heterocycles. The van der Waals surface area contributed by atoms with Crippen LogP contribution in [-0.4, -0.2) is 73.0 Å². The quantitative estimate of drug-likeness (QED) is 0.368. The summed E-state index contributed by atoms with van der Waals surface area (Å²) in [6.07, 6.45) is 1.73. The minimum absolute atomic E-state index is 0.0816. The maximum Gasteiger partial charge on any atom is 0.263 e. The summed E-state index contributed by atoms with van der Waals surface area (Å²) in [5.74, 6) is -1.80. The zero-order valence-corrected chi connectivity index (χ0v) is 20.1. The highest BCUT2D eigenvalue weighted by Crippen LogP contribution is 2.29. The van der Waals surface area contributed by atoms with Gasteiger partial charge in [0.1, 0.15) is 16.5 Å². The number of rotatable bonds is 12. The fourth-order valence-electron chi connectivity index (χ4n) is 3.26. The number of thiazole rings is 1. The zero-order valence-electron chi connectivity index (χ0n) is 19.3. The number of aryl methyl sites for hydroxylation is 1. The van der Waals surface area contributed by atoms with Gasteiger partial charge in [-0.25, -0.2) is 4.98 Å². The van der Waals surface area contributed by atoms with E-state index in [2.05, 4.69) is 20.9 Å². The molecule has 2 aromatic rings. The van der Waals surface area contributed by atoms with Crippen LogP contribution in [0.25, 0.3) is 0 Å². The molecule has 1 aromatic heterocycles. The molecule has 0 aliphatic carbocycles. The summed E-state index contributed by atoms with van der Waals surface area (Å²) < 4.78 is 10.3. The molecule has 10 nitrogen and oxygen atoms in total. The highest BCUT2D eigenvalue weighted by atomic mass is 32.1. The number of amides is 3. The van der Waals surface area contributed by atoms with Gasteiger partial charge in [-0.3, -0.25) is 19.2 Å². The molecule has 0 radical (unpaired) electrons. The van der Waals surface area contributed by atoms with Crippen molar-refractivity contribution in [2.75, 3.05) is 26.9 Å². The largest absolute Gasteiger partial charge is 0.382 e. The molecule has 11 heteroatoms. The smallest absolute Gasteiger partial charge is 0.263 e. The van der Waals surface area contributed by atoms with E-state index in [1.807, 2.05) is 30.3 Å². The van der Waals surface area contributed by atoms with Gasteiger partial charge in [0, 0.05) is 7.11 Å². The first-order valence-corrected chi connectivity index (χ1v) is 11.5. The molecule has 3 amide bonds. The Morgan fingerprint density at radius 3 is 2.47 bits per heavy atom. The minimum atomic E-state index is -1.01. The fourth-order valence-corrected chi connectivity index (χ4v) is 3.94. The van der Waals surface area contributed by atoms with E-state index in [1.54, 1.807) is 13.8 Å². The van der Waals surface area contributed by atoms with E-state index >= 15 is 0 Å². The third-order valence-electron chi connectivity index (χ3n) is 5.26. The predicted molar refractivity (Wildman–Crippen MR) is 124 cm³/mol. The van der Waals surface area contributed by atoms with Crippen molar-refractivity contribution in [3.05, 3.63) is 52.0 Å². The lowest BCUT2D eigenvalue weighted by atomic mass is 9.95. The van der Waals surface area contributed by atoms with Crippen LogP contribution in [0.5, 0.6) is 0 Å². The molecule has 182 valence electrons. The van der Waals surface area contributed by atoms with Crippen LogP contribution in [0.2, 0.25) is 0 Å². The zero-order chi connectivity index (χ0) is 24.7. The van der Waals surface area contributed by atoms with Crippen molar-refractivity contribution in [1.82, 2.24) is 20.9 Å². The second-order valence-electron chi connectivity index (χ2n) is 8.14. The molecule has 34 heavy (non-hydrogen) atoms. The Morgan fingerprint density at radius 1 is 1.18 bits per heavy atom. The van der Waals surface area contributed by atoms with Gasteiger partial charge in [-0.05, 0) is 25.8 Å². The van der Waals surface area contributed by atoms with E-state index < -0.39 is 35.4 Å². The van der Waals surface area contributed by atoms with Crippen molar-refractivity contribution in [3.63, 3.8) is 0 Å². The summed E-state index contributed by atoms with van der Waals surface area (Å²) in [6, 6.07) is 7.50. The number of ether oxygens (including phenoxy) is 2. The molecular weight excluding hydrogens is 460 g/mol. The van der Waals surface area contributed by atoms with Crippen LogP contribution in [0.3, 0.4) is 0 Å². The summed E-state index contributed by atoms with van der Waals surface area (Å²) in [7, 11) is 1.40. The Labute approximate surface area is 201 Å². The molecule has 3 atom stereocenters. The number of carbonyl (C=O) groups excluding carboxylic acids is 4. The Balaban J connectivity index is 1.57. The van der Waals surface area contributed by atoms with Crippen LogP contribution in [0.1, 0.15) is 27.2 Å². The number of aromatic nitrogens is 1. The lowest BCUT2D eigenvalue weighted by Crippen LogP contribution is -2.53. The summed E-state index contributed by atoms with van der Waals surface area (Å²) in [4.78, 5) is 54.8. The van der Waals surface area contributed by atoms with Crippen LogP contribution in [0.4, 0.5) is 0 Å². The number of methoxy groups -OCH3 is 1. The maximum absolute atomic E-state index is 12.9. The second kappa shape index (κ2) is 11.3. The first kappa shape index (κ1) is 25.5. The average Bonchev–Trinajstić information content (AvgIpc) is 3.42. The van der Waals surface area contributed by atoms with E-state index in [0.717, 1.165) is 10.6 Å². The van der Waals surface area contributed by atoms with Gasteiger partial charge in [-0.1, -0.05) is 30.3 Å². The van der Waals surface area contributed by atoms with Crippen LogP contribution in [0, 0.1) is 6.92 Å². The molecule has 1 aliphatic heterocycles. The predicted octanol–water partition coefficient (Wildman–Crippen LogP) is 0.398. The van der Waals surface area contributed by atoms with Gasteiger partial charge in [0.05, 0.1) is 37.0 Å². The molecule has 1 fully saturated rings. The van der Waals surface area contributed by atoms with E-state index in [-0.39, 0.29) is 18.9 Å². The lowest BCUT2D eigenvalue weighted by molar-refractivity contribution is -0.131. The first-order chi connectivity index (χ1) is 16.2. The molecule has 3 N–H and O–H groups in total. The van der Waals surface area contributed by atoms with E-state index in [1.165, 1.54) is 24.6 Å². The van der Waals surface area contributed by atoms with Crippen molar-refractivity contribution < 1.29 is 28.7 Å². The van der Waals surface area contributed by atoms with Gasteiger partial charge >= 0.3 is 0 Å². The van der Waals surface area contributed by atoms with Crippen molar-refractivity contribution in [1.29, 1.82) is 0 Å². The van der Waals surface area contributed by atoms with Gasteiger partial charge in [0.25, 0.3) is 5.91 Å². The fraction of sp³-hybridized carbons (Fsp3) is 0.435. The number of carbonyl (C=O) groups is 4. The molecular formula is C23H28N4O6S. The van der Waals surface area contributed by atoms with Crippen LogP contribution >= 0.6 is 11.3 Å². The molecule has 0 saturated carbocycles. The van der Waals surface area contributed by atoms with E-state index in [4.69, 9.17) is 9.47 Å². The number of hydrogen-bond acceptors (Lipinski definition) is 8. The standard InChI is InChI=1S/C23H28N4O6S/c1-14-24-10-18(34-14)22(31)27-17(12-32-3)21(30)25-11-19(28)26-16(20(29)23(2)13-33-23)9-15-7-5-4-6-8-15/h4-8,10,16-17H,9,11-13H2,1-3H3,(H,25,30)(H,26,28)(H,27,31)/t16?,17?,23-/m1/s1. The highest BCUT2D eigenvalue weighted by Gasteiger charge is 2.50. The average molecular weight is 489 g/mol. The normalized spacial score (nSPS) is 18.4. The Bertz CT molecular complexity index is 1040. The molecule has 1 saturated heterocycles. The number of nitrogens with one attached hydrogen (secondary N) is 3. The summed E-state index contributed by atoms with van der Waals surface area (Å²) in [5, 5.41) is 8.50. The van der Waals surface area contributed by atoms with Crippen molar-refractivity contribution in [2.45, 2.75) is 38.0 Å². The van der Waals surface area contributed by atoms with Gasteiger partial charge in [0.15, 0.2) is 5.78 Å². The Morgan fingerprint density at radius 2 is 1.88 bits per heavy atom. The number of epoxide rings is 1. The topological polar surface area (TPSA) is 139 Å². The number of nitrogens with zero attached hydrogens (tertiary/aromatic N) is 1. The van der Waals surface area contributed by atoms with Crippen LogP contribution in [-0.2, 0) is 30.3 Å². The monoisotopic (exact) mass is 488 g/mol. The van der Waals surface area contributed by atoms with Gasteiger partial charge in [-0.15, -0.1) is 11.3 Å². The number of Topliss-reactive ketones (excluding diaryl/α,β-unsaturated/α-hetero) is 1. The Kier molecular flexibility index (Phi) is 8.48. The maximum atomic E-state index is 12.9. The van der Waals surface area contributed by atoms with Crippen LogP contribution in [0.15, 0.2) is 36.5 Å². The Hall–Kier alpha value is -3.15. The summed E-state index contributed by atoms with van der Waals surface area (Å²) in [6.45, 7) is 3.31. The molecule has 2 unspecified atom stereocenters. The van der Waals surface area contributed by atoms with Gasteiger partial charge < -0.3 is 25.4 Å². The molecule has 0 spiro atoms. The van der Waals surface area contributed by atoms with Gasteiger partial charge in [-0.2, -0.15) is 0 Å². The van der Waals surface area contributed by atoms with Crippen LogP contribution < -0.4 is 16.0 Å². The summed E-state index contributed by atoms with van der Waals surface area (Å²) in [5.41, 5.74) is -0.0191. The summed E-state index contributed by atoms with van der Waals surface area (Å²) >= 11 is 1.20. The molecule has 0 bridgehead atoms. The third kappa shape index (κ3) is 6.92. The van der Waals surface area contributed by atoms with Crippen molar-refractivity contribution in [2.24, 2.45) is 0 Å². The molecule has 1 aliphatic rings. The lowest BCUT2D eigenvalue weighted by Gasteiger charge is -2.21. The van der Waals surface area contributed by atoms with Crippen molar-refractivity contribution in [3.8, 4) is 0 Å². The first-order valence-electron chi connectivity index (χ1n) is 10.7. The highest BCUT2D eigenvalue weighted by molar-refractivity contribution is 7.13. The van der Waals surface area contributed by atoms with Crippen molar-refractivity contribution >= 4 is 34.8 Å². The number of benzene rings is 1. The van der Waals surface area contributed by atoms with E-state index in [9.17, 15) is 19.2 Å². The number of ketones is 1. The van der Waals surface area contributed by atoms with E-state index in [0.29, 0.717) is 17.9 Å². The minimum Gasteiger partial charge on any atom is -0.382 e. The SMILES string of the molecule is COCC(NC(=O)c1cnc(C)s1)C(=O)NCC(=O)NC(Cc1ccccc1)C(=O)[C@@]1(C)CO1. The van der Waals surface area contributed by atoms with Gasteiger partial charge in [0.2, 0.25) is 11.8 Å². The molecule has 3 rings (SSSR count). The molecule has 1 aromatic carbocycles.